The fourth-order valence-electron chi connectivity index (χ4n) is 4.36. The maximum atomic E-state index is 12.6. The quantitative estimate of drug-likeness (QED) is 0.521. The Kier molecular flexibility index (Phi) is 7.01. The van der Waals surface area contributed by atoms with E-state index >= 15 is 0 Å². The number of nitrogens with one attached hydrogen (secondary N) is 1. The molecular formula is C25H29N5O3S. The van der Waals surface area contributed by atoms with E-state index in [1.165, 1.54) is 17.3 Å². The van der Waals surface area contributed by atoms with Gasteiger partial charge in [-0.1, -0.05) is 54.2 Å². The van der Waals surface area contributed by atoms with Gasteiger partial charge in [0.1, 0.15) is 6.61 Å². The number of para-hydroxylation sites is 2. The molecule has 0 bridgehead atoms. The van der Waals surface area contributed by atoms with Crippen molar-refractivity contribution >= 4 is 17.7 Å². The Morgan fingerprint density at radius 3 is 2.59 bits per heavy atom. The second-order valence-corrected chi connectivity index (χ2v) is 9.60. The molecule has 2 aromatic carbocycles. The van der Waals surface area contributed by atoms with Gasteiger partial charge in [0.25, 0.3) is 0 Å². The summed E-state index contributed by atoms with van der Waals surface area (Å²) in [6, 6.07) is 18.3. The molecule has 0 radical (unpaired) electrons. The molecule has 1 aromatic heterocycles. The standard InChI is InChI=1S/C25H29N5O3S/c1-29-24(22-16-32-20-9-5-6-10-21(20)33-22)27-28-25(29)34-17-23(31)26-19-11-13-30(14-12-19)15-18-7-3-2-4-8-18/h2-10,19,22H,11-17H2,1H3,(H,26,31)/t22-/m1/s1. The Morgan fingerprint density at radius 1 is 1.06 bits per heavy atom. The molecule has 1 saturated heterocycles. The third-order valence-corrected chi connectivity index (χ3v) is 7.22. The molecule has 1 atom stereocenters. The first-order valence-corrected chi connectivity index (χ1v) is 12.6. The number of aromatic nitrogens is 3. The molecule has 8 nitrogen and oxygen atoms in total. The molecular weight excluding hydrogens is 450 g/mol. The Labute approximate surface area is 203 Å². The molecule has 3 heterocycles. The first-order chi connectivity index (χ1) is 16.7. The van der Waals surface area contributed by atoms with Gasteiger partial charge in [-0.15, -0.1) is 10.2 Å². The molecule has 0 saturated carbocycles. The van der Waals surface area contributed by atoms with Gasteiger partial charge in [0.15, 0.2) is 28.6 Å². The van der Waals surface area contributed by atoms with Crippen LogP contribution in [-0.4, -0.2) is 57.1 Å². The van der Waals surface area contributed by atoms with Crippen LogP contribution >= 0.6 is 11.8 Å². The second kappa shape index (κ2) is 10.5. The number of hydrogen-bond donors (Lipinski definition) is 1. The minimum Gasteiger partial charge on any atom is -0.485 e. The average molecular weight is 480 g/mol. The number of amides is 1. The lowest BCUT2D eigenvalue weighted by Crippen LogP contribution is -2.44. The van der Waals surface area contributed by atoms with Crippen molar-refractivity contribution in [3.63, 3.8) is 0 Å². The van der Waals surface area contributed by atoms with Crippen molar-refractivity contribution in [1.82, 2.24) is 25.0 Å². The predicted molar refractivity (Wildman–Crippen MR) is 130 cm³/mol. The van der Waals surface area contributed by atoms with Crippen LogP contribution in [0.1, 0.15) is 30.3 Å². The zero-order chi connectivity index (χ0) is 23.3. The van der Waals surface area contributed by atoms with Gasteiger partial charge >= 0.3 is 0 Å². The number of nitrogens with zero attached hydrogens (tertiary/aromatic N) is 4. The van der Waals surface area contributed by atoms with Gasteiger partial charge in [-0.2, -0.15) is 0 Å². The molecule has 1 N–H and O–H groups in total. The fourth-order valence-corrected chi connectivity index (χ4v) is 5.08. The summed E-state index contributed by atoms with van der Waals surface area (Å²) in [7, 11) is 1.89. The van der Waals surface area contributed by atoms with Crippen molar-refractivity contribution in [2.45, 2.75) is 36.7 Å². The average Bonchev–Trinajstić information content (AvgIpc) is 3.24. The zero-order valence-corrected chi connectivity index (χ0v) is 20.0. The fraction of sp³-hybridized carbons (Fsp3) is 0.400. The van der Waals surface area contributed by atoms with Crippen molar-refractivity contribution < 1.29 is 14.3 Å². The number of fused-ring (bicyclic) bond motifs is 1. The van der Waals surface area contributed by atoms with E-state index in [0.29, 0.717) is 29.1 Å². The van der Waals surface area contributed by atoms with E-state index in [4.69, 9.17) is 9.47 Å². The lowest BCUT2D eigenvalue weighted by Gasteiger charge is -2.32. The number of ether oxygens (including phenoxy) is 2. The maximum absolute atomic E-state index is 12.6. The van der Waals surface area contributed by atoms with Crippen molar-refractivity contribution in [2.75, 3.05) is 25.4 Å². The summed E-state index contributed by atoms with van der Waals surface area (Å²) in [6.45, 7) is 3.32. The van der Waals surface area contributed by atoms with Crippen molar-refractivity contribution in [3.8, 4) is 11.5 Å². The molecule has 3 aromatic rings. The molecule has 0 aliphatic carbocycles. The SMILES string of the molecule is Cn1c(SCC(=O)NC2CCN(Cc3ccccc3)CC2)nnc1[C@H]1COc2ccccc2O1. The number of thioether (sulfide) groups is 1. The van der Waals surface area contributed by atoms with Crippen LogP contribution in [0.3, 0.4) is 0 Å². The van der Waals surface area contributed by atoms with Gasteiger partial charge in [-0.25, -0.2) is 0 Å². The van der Waals surface area contributed by atoms with Gasteiger partial charge in [-0.3, -0.25) is 9.69 Å². The summed E-state index contributed by atoms with van der Waals surface area (Å²) in [6.07, 6.45) is 1.60. The molecule has 178 valence electrons. The molecule has 1 fully saturated rings. The van der Waals surface area contributed by atoms with Crippen LogP contribution in [0, 0.1) is 0 Å². The van der Waals surface area contributed by atoms with Crippen LogP contribution in [0.2, 0.25) is 0 Å². The van der Waals surface area contributed by atoms with Crippen LogP contribution in [0.15, 0.2) is 59.8 Å². The topological polar surface area (TPSA) is 81.5 Å². The summed E-state index contributed by atoms with van der Waals surface area (Å²) >= 11 is 1.39. The van der Waals surface area contributed by atoms with E-state index in [1.807, 2.05) is 41.9 Å². The van der Waals surface area contributed by atoms with Crippen LogP contribution in [0.4, 0.5) is 0 Å². The highest BCUT2D eigenvalue weighted by molar-refractivity contribution is 7.99. The molecule has 5 rings (SSSR count). The molecule has 2 aliphatic rings. The molecule has 2 aliphatic heterocycles. The van der Waals surface area contributed by atoms with Gasteiger partial charge in [0.05, 0.1) is 5.75 Å². The smallest absolute Gasteiger partial charge is 0.230 e. The number of benzene rings is 2. The monoisotopic (exact) mass is 479 g/mol. The minimum atomic E-state index is -0.336. The highest BCUT2D eigenvalue weighted by atomic mass is 32.2. The Morgan fingerprint density at radius 2 is 1.79 bits per heavy atom. The minimum absolute atomic E-state index is 0.0298. The molecule has 0 spiro atoms. The Hall–Kier alpha value is -3.04. The van der Waals surface area contributed by atoms with E-state index in [9.17, 15) is 4.79 Å². The van der Waals surface area contributed by atoms with Gasteiger partial charge < -0.3 is 19.4 Å². The van der Waals surface area contributed by atoms with E-state index in [0.717, 1.165) is 38.2 Å². The van der Waals surface area contributed by atoms with E-state index in [2.05, 4.69) is 44.7 Å². The molecule has 9 heteroatoms. The van der Waals surface area contributed by atoms with E-state index in [1.54, 1.807) is 0 Å². The van der Waals surface area contributed by atoms with Crippen LogP contribution in [-0.2, 0) is 18.4 Å². The number of carbonyl (C=O) groups is 1. The summed E-state index contributed by atoms with van der Waals surface area (Å²) in [5.74, 6) is 2.45. The Bertz CT molecular complexity index is 1110. The highest BCUT2D eigenvalue weighted by Crippen LogP contribution is 2.35. The Balaban J connectivity index is 1.08. The maximum Gasteiger partial charge on any atom is 0.230 e. The summed E-state index contributed by atoms with van der Waals surface area (Å²) in [5, 5.41) is 12.4. The van der Waals surface area contributed by atoms with Crippen molar-refractivity contribution in [2.24, 2.45) is 7.05 Å². The third kappa shape index (κ3) is 5.37. The van der Waals surface area contributed by atoms with E-state index in [-0.39, 0.29) is 18.1 Å². The summed E-state index contributed by atoms with van der Waals surface area (Å²) in [5.41, 5.74) is 1.33. The number of carbonyl (C=O) groups excluding carboxylic acids is 1. The number of rotatable bonds is 7. The third-order valence-electron chi connectivity index (χ3n) is 6.20. The number of hydrogen-bond acceptors (Lipinski definition) is 7. The number of piperidine rings is 1. The zero-order valence-electron chi connectivity index (χ0n) is 19.2. The predicted octanol–water partition coefficient (Wildman–Crippen LogP) is 3.20. The lowest BCUT2D eigenvalue weighted by atomic mass is 10.0. The van der Waals surface area contributed by atoms with Crippen LogP contribution < -0.4 is 14.8 Å². The van der Waals surface area contributed by atoms with Crippen LogP contribution in [0.25, 0.3) is 0 Å². The van der Waals surface area contributed by atoms with Crippen molar-refractivity contribution in [1.29, 1.82) is 0 Å². The first kappa shape index (κ1) is 22.7. The summed E-state index contributed by atoms with van der Waals surface area (Å²) < 4.78 is 13.7. The van der Waals surface area contributed by atoms with Gasteiger partial charge in [-0.05, 0) is 30.5 Å². The van der Waals surface area contributed by atoms with Gasteiger partial charge in [0, 0.05) is 32.7 Å². The van der Waals surface area contributed by atoms with Gasteiger partial charge in [0.2, 0.25) is 5.91 Å². The van der Waals surface area contributed by atoms with Crippen LogP contribution in [0.5, 0.6) is 11.5 Å². The molecule has 34 heavy (non-hydrogen) atoms. The first-order valence-electron chi connectivity index (χ1n) is 11.6. The highest BCUT2D eigenvalue weighted by Gasteiger charge is 2.28. The molecule has 0 unspecified atom stereocenters. The normalized spacial score (nSPS) is 18.6. The van der Waals surface area contributed by atoms with E-state index < -0.39 is 0 Å². The van der Waals surface area contributed by atoms with Crippen molar-refractivity contribution in [3.05, 3.63) is 66.0 Å². The number of likely N-dealkylation sites (tertiary alicyclic amines) is 1. The largest absolute Gasteiger partial charge is 0.485 e. The summed E-state index contributed by atoms with van der Waals surface area (Å²) in [4.78, 5) is 15.0. The second-order valence-electron chi connectivity index (χ2n) is 8.66. The molecule has 1 amide bonds. The lowest BCUT2D eigenvalue weighted by molar-refractivity contribution is -0.119.